The molecule has 36 heavy (non-hydrogen) atoms. The van der Waals surface area contributed by atoms with E-state index < -0.39 is 8.07 Å². The number of Topliss-reactive ketones (excluding diaryl/α,β-unsaturated/α-hetero) is 1. The van der Waals surface area contributed by atoms with Crippen LogP contribution >= 0.6 is 0 Å². The Morgan fingerprint density at radius 1 is 0.889 bits per heavy atom. The highest BCUT2D eigenvalue weighted by Crippen LogP contribution is 2.46. The average Bonchev–Trinajstić information content (AvgIpc) is 2.86. The molecule has 3 rings (SSSR count). The summed E-state index contributed by atoms with van der Waals surface area (Å²) in [6.07, 6.45) is 5.34. The van der Waals surface area contributed by atoms with Crippen molar-refractivity contribution in [3.05, 3.63) is 71.8 Å². The van der Waals surface area contributed by atoms with Gasteiger partial charge in [0.2, 0.25) is 0 Å². The van der Waals surface area contributed by atoms with Crippen LogP contribution in [-0.2, 0) is 27.5 Å². The normalized spacial score (nSPS) is 22.2. The number of hydrogen-bond donors (Lipinski definition) is 0. The van der Waals surface area contributed by atoms with Gasteiger partial charge in [-0.15, -0.1) is 11.5 Å². The van der Waals surface area contributed by atoms with Gasteiger partial charge in [0.05, 0.1) is 13.2 Å². The first-order chi connectivity index (χ1) is 17.3. The molecule has 0 aliphatic heterocycles. The number of carbonyl (C=O) groups excluding carboxylic acids is 1. The second-order valence-electron chi connectivity index (χ2n) is 11.5. The van der Waals surface area contributed by atoms with Gasteiger partial charge in [-0.2, -0.15) is 0 Å². The largest absolute Gasteiger partial charge is 0.377 e. The van der Waals surface area contributed by atoms with Gasteiger partial charge in [0.25, 0.3) is 0 Å². The Balaban J connectivity index is 1.57. The molecule has 3 nitrogen and oxygen atoms in total. The van der Waals surface area contributed by atoms with Gasteiger partial charge in [0, 0.05) is 31.5 Å². The summed E-state index contributed by atoms with van der Waals surface area (Å²) in [5, 5.41) is 0. The SMILES string of the molecule is C[C@]1(CCOCc2ccccc2)C(=O)CC(CCC#C[Si](C)(C)C)C[C@@H]1CCOCc1ccccc1. The molecule has 0 radical (unpaired) electrons. The van der Waals surface area contributed by atoms with E-state index in [2.05, 4.69) is 62.3 Å². The van der Waals surface area contributed by atoms with E-state index in [0.29, 0.717) is 50.5 Å². The maximum atomic E-state index is 13.5. The van der Waals surface area contributed by atoms with E-state index in [4.69, 9.17) is 9.47 Å². The Morgan fingerprint density at radius 2 is 1.47 bits per heavy atom. The molecule has 3 atom stereocenters. The number of benzene rings is 2. The maximum absolute atomic E-state index is 13.5. The van der Waals surface area contributed by atoms with Crippen molar-refractivity contribution in [3.63, 3.8) is 0 Å². The third-order valence-corrected chi connectivity index (χ3v) is 8.30. The molecule has 0 bridgehead atoms. The summed E-state index contributed by atoms with van der Waals surface area (Å²) in [5.74, 6) is 4.54. The zero-order valence-electron chi connectivity index (χ0n) is 22.7. The molecule has 1 saturated carbocycles. The zero-order chi connectivity index (χ0) is 25.9. The number of carbonyl (C=O) groups is 1. The average molecular weight is 505 g/mol. The van der Waals surface area contributed by atoms with Crippen molar-refractivity contribution in [2.45, 2.75) is 78.3 Å². The third kappa shape index (κ3) is 9.35. The predicted molar refractivity (Wildman–Crippen MR) is 151 cm³/mol. The number of ketones is 1. The molecule has 0 spiro atoms. The summed E-state index contributed by atoms with van der Waals surface area (Å²) < 4.78 is 12.1. The van der Waals surface area contributed by atoms with E-state index in [-0.39, 0.29) is 5.41 Å². The van der Waals surface area contributed by atoms with E-state index in [1.165, 1.54) is 11.1 Å². The van der Waals surface area contributed by atoms with Crippen molar-refractivity contribution < 1.29 is 14.3 Å². The monoisotopic (exact) mass is 504 g/mol. The molecule has 0 saturated heterocycles. The summed E-state index contributed by atoms with van der Waals surface area (Å²) in [4.78, 5) is 13.5. The van der Waals surface area contributed by atoms with Crippen molar-refractivity contribution in [3.8, 4) is 11.5 Å². The fraction of sp³-hybridized carbons (Fsp3) is 0.531. The first kappa shape index (κ1) is 28.4. The van der Waals surface area contributed by atoms with E-state index in [9.17, 15) is 4.79 Å². The Bertz CT molecular complexity index is 987. The Hall–Kier alpha value is -2.19. The van der Waals surface area contributed by atoms with E-state index in [1.54, 1.807) is 0 Å². The van der Waals surface area contributed by atoms with Crippen LogP contribution in [0.15, 0.2) is 60.7 Å². The molecule has 2 aromatic rings. The van der Waals surface area contributed by atoms with Gasteiger partial charge in [-0.1, -0.05) is 87.2 Å². The second kappa shape index (κ2) is 13.9. The summed E-state index contributed by atoms with van der Waals surface area (Å²) in [7, 11) is -1.35. The number of ether oxygens (including phenoxy) is 2. The molecule has 0 amide bonds. The molecular weight excluding hydrogens is 460 g/mol. The molecule has 0 N–H and O–H groups in total. The van der Waals surface area contributed by atoms with Gasteiger partial charge in [-0.3, -0.25) is 4.79 Å². The number of rotatable bonds is 12. The van der Waals surface area contributed by atoms with Crippen molar-refractivity contribution >= 4 is 13.9 Å². The van der Waals surface area contributed by atoms with Crippen LogP contribution in [0.1, 0.15) is 56.6 Å². The highest BCUT2D eigenvalue weighted by Gasteiger charge is 2.45. The molecule has 2 aromatic carbocycles. The molecule has 1 fully saturated rings. The van der Waals surface area contributed by atoms with E-state index in [0.717, 1.165) is 32.1 Å². The lowest BCUT2D eigenvalue weighted by Crippen LogP contribution is -2.43. The standard InChI is InChI=1S/C32H44O3Si/c1-32(19-21-35-26-28-15-9-6-10-16-28)30(18-20-34-25-27-13-7-5-8-14-27)23-29(24-31(32)33)17-11-12-22-36(2,3)4/h5-10,13-16,29-30H,11,17-21,23-26H2,1-4H3/t29?,30-,32+/m0/s1. The first-order valence-electron chi connectivity index (χ1n) is 13.5. The fourth-order valence-corrected chi connectivity index (χ4v) is 5.77. The molecular formula is C32H44O3Si. The van der Waals surface area contributed by atoms with Crippen molar-refractivity contribution in [1.82, 2.24) is 0 Å². The van der Waals surface area contributed by atoms with Gasteiger partial charge in [-0.25, -0.2) is 0 Å². The van der Waals surface area contributed by atoms with Gasteiger partial charge in [-0.05, 0) is 48.6 Å². The lowest BCUT2D eigenvalue weighted by molar-refractivity contribution is -0.139. The zero-order valence-corrected chi connectivity index (χ0v) is 23.7. The van der Waals surface area contributed by atoms with Crippen LogP contribution in [-0.4, -0.2) is 27.1 Å². The van der Waals surface area contributed by atoms with Gasteiger partial charge < -0.3 is 9.47 Å². The summed E-state index contributed by atoms with van der Waals surface area (Å²) in [5.41, 5.74) is 5.48. The Kier molecular flexibility index (Phi) is 11.0. The lowest BCUT2D eigenvalue weighted by atomic mass is 9.60. The Labute approximate surface area is 220 Å². The van der Waals surface area contributed by atoms with Crippen LogP contribution in [0, 0.1) is 28.7 Å². The van der Waals surface area contributed by atoms with Crippen LogP contribution in [0.2, 0.25) is 19.6 Å². The highest BCUT2D eigenvalue weighted by atomic mass is 28.3. The minimum absolute atomic E-state index is 0.310. The molecule has 1 unspecified atom stereocenters. The van der Waals surface area contributed by atoms with Crippen LogP contribution in [0.4, 0.5) is 0 Å². The number of hydrogen-bond acceptors (Lipinski definition) is 3. The second-order valence-corrected chi connectivity index (χ2v) is 16.3. The molecule has 194 valence electrons. The van der Waals surface area contributed by atoms with Crippen molar-refractivity contribution in [1.29, 1.82) is 0 Å². The van der Waals surface area contributed by atoms with Crippen LogP contribution in [0.5, 0.6) is 0 Å². The minimum atomic E-state index is -1.35. The Morgan fingerprint density at radius 3 is 2.06 bits per heavy atom. The minimum Gasteiger partial charge on any atom is -0.377 e. The molecule has 1 aliphatic rings. The van der Waals surface area contributed by atoms with Crippen molar-refractivity contribution in [2.24, 2.45) is 17.3 Å². The van der Waals surface area contributed by atoms with Crippen molar-refractivity contribution in [2.75, 3.05) is 13.2 Å². The fourth-order valence-electron chi connectivity index (χ4n) is 5.11. The van der Waals surface area contributed by atoms with Crippen LogP contribution < -0.4 is 0 Å². The highest BCUT2D eigenvalue weighted by molar-refractivity contribution is 6.83. The summed E-state index contributed by atoms with van der Waals surface area (Å²) in [6, 6.07) is 20.5. The van der Waals surface area contributed by atoms with E-state index >= 15 is 0 Å². The van der Waals surface area contributed by atoms with Gasteiger partial charge >= 0.3 is 0 Å². The maximum Gasteiger partial charge on any atom is 0.139 e. The smallest absolute Gasteiger partial charge is 0.139 e. The molecule has 0 heterocycles. The van der Waals surface area contributed by atoms with E-state index in [1.807, 2.05) is 36.4 Å². The van der Waals surface area contributed by atoms with Gasteiger partial charge in [0.15, 0.2) is 0 Å². The topological polar surface area (TPSA) is 35.5 Å². The summed E-state index contributed by atoms with van der Waals surface area (Å²) in [6.45, 7) is 11.5. The van der Waals surface area contributed by atoms with Crippen LogP contribution in [0.3, 0.4) is 0 Å². The third-order valence-electron chi connectivity index (χ3n) is 7.37. The summed E-state index contributed by atoms with van der Waals surface area (Å²) >= 11 is 0. The lowest BCUT2D eigenvalue weighted by Gasteiger charge is -2.43. The molecule has 4 heteroatoms. The predicted octanol–water partition coefficient (Wildman–Crippen LogP) is 7.46. The van der Waals surface area contributed by atoms with Crippen LogP contribution in [0.25, 0.3) is 0 Å². The molecule has 0 aromatic heterocycles. The first-order valence-corrected chi connectivity index (χ1v) is 17.0. The van der Waals surface area contributed by atoms with Gasteiger partial charge in [0.1, 0.15) is 13.9 Å². The quantitative estimate of drug-likeness (QED) is 0.171. The molecule has 1 aliphatic carbocycles.